The largest absolute Gasteiger partial charge is 0.396 e. The zero-order chi connectivity index (χ0) is 12.9. The Hall–Kier alpha value is -1.49. The number of hydrogen-bond acceptors (Lipinski definition) is 5. The van der Waals surface area contributed by atoms with Crippen LogP contribution in [0, 0.1) is 11.3 Å². The minimum absolute atomic E-state index is 0.00119. The van der Waals surface area contributed by atoms with Crippen molar-refractivity contribution in [2.24, 2.45) is 0 Å². The molecular weight excluding hydrogens is 242 g/mol. The Morgan fingerprint density at radius 2 is 2.29 bits per heavy atom. The van der Waals surface area contributed by atoms with Gasteiger partial charge in [-0.3, -0.25) is 0 Å². The van der Waals surface area contributed by atoms with Crippen molar-refractivity contribution in [2.45, 2.75) is 24.3 Å². The average molecular weight is 255 g/mol. The molecule has 0 amide bonds. The van der Waals surface area contributed by atoms with Crippen LogP contribution in [0.25, 0.3) is 0 Å². The first-order valence-corrected chi connectivity index (χ1v) is 6.47. The third kappa shape index (κ3) is 3.78. The number of aliphatic hydroxyl groups is 1. The molecule has 6 nitrogen and oxygen atoms in total. The summed E-state index contributed by atoms with van der Waals surface area (Å²) in [7, 11) is -3.64. The molecule has 0 radical (unpaired) electrons. The standard InChI is InChI=1S/C10H13N3O3S/c1-8(4-5-14)13-17(15,16)10-3-2-9(6-11)12-7-10/h2-3,7-8,13-14H,4-5H2,1H3. The third-order valence-electron chi connectivity index (χ3n) is 2.08. The maximum Gasteiger partial charge on any atom is 0.242 e. The van der Waals surface area contributed by atoms with Crippen molar-refractivity contribution >= 4 is 10.0 Å². The lowest BCUT2D eigenvalue weighted by atomic mass is 10.3. The first-order chi connectivity index (χ1) is 7.99. The lowest BCUT2D eigenvalue weighted by Crippen LogP contribution is -2.33. The number of aliphatic hydroxyl groups excluding tert-OH is 1. The number of hydrogen-bond donors (Lipinski definition) is 2. The van der Waals surface area contributed by atoms with E-state index in [9.17, 15) is 8.42 Å². The van der Waals surface area contributed by atoms with E-state index in [1.165, 1.54) is 12.1 Å². The van der Waals surface area contributed by atoms with Crippen molar-refractivity contribution in [1.82, 2.24) is 9.71 Å². The van der Waals surface area contributed by atoms with E-state index in [-0.39, 0.29) is 23.2 Å². The summed E-state index contributed by atoms with van der Waals surface area (Å²) < 4.78 is 26.0. The Balaban J connectivity index is 2.86. The van der Waals surface area contributed by atoms with Gasteiger partial charge in [0, 0.05) is 18.8 Å². The second-order valence-electron chi connectivity index (χ2n) is 3.53. The van der Waals surface area contributed by atoms with Gasteiger partial charge in [-0.2, -0.15) is 5.26 Å². The van der Waals surface area contributed by atoms with Crippen molar-refractivity contribution in [3.8, 4) is 6.07 Å². The van der Waals surface area contributed by atoms with Crippen LogP contribution in [0.1, 0.15) is 19.0 Å². The molecular formula is C10H13N3O3S. The number of nitriles is 1. The van der Waals surface area contributed by atoms with E-state index < -0.39 is 10.0 Å². The van der Waals surface area contributed by atoms with Crippen LogP contribution in [0.15, 0.2) is 23.2 Å². The Morgan fingerprint density at radius 1 is 1.59 bits per heavy atom. The van der Waals surface area contributed by atoms with E-state index in [1.54, 1.807) is 6.92 Å². The first kappa shape index (κ1) is 13.6. The third-order valence-corrected chi connectivity index (χ3v) is 3.65. The molecule has 92 valence electrons. The molecule has 0 saturated carbocycles. The summed E-state index contributed by atoms with van der Waals surface area (Å²) in [4.78, 5) is 3.69. The lowest BCUT2D eigenvalue weighted by molar-refractivity contribution is 0.275. The molecule has 0 aliphatic heterocycles. The highest BCUT2D eigenvalue weighted by molar-refractivity contribution is 7.89. The van der Waals surface area contributed by atoms with Crippen LogP contribution in [0.4, 0.5) is 0 Å². The van der Waals surface area contributed by atoms with Crippen molar-refractivity contribution in [2.75, 3.05) is 6.61 Å². The maximum atomic E-state index is 11.8. The summed E-state index contributed by atoms with van der Waals surface area (Å²) >= 11 is 0. The second kappa shape index (κ2) is 5.72. The number of rotatable bonds is 5. The van der Waals surface area contributed by atoms with Crippen LogP contribution in [0.2, 0.25) is 0 Å². The van der Waals surface area contributed by atoms with Gasteiger partial charge in [-0.15, -0.1) is 0 Å². The number of nitrogens with one attached hydrogen (secondary N) is 1. The number of aromatic nitrogens is 1. The molecule has 0 aliphatic carbocycles. The van der Waals surface area contributed by atoms with Crippen LogP contribution in [-0.4, -0.2) is 31.2 Å². The monoisotopic (exact) mass is 255 g/mol. The fourth-order valence-corrected chi connectivity index (χ4v) is 2.41. The van der Waals surface area contributed by atoms with E-state index in [4.69, 9.17) is 10.4 Å². The predicted octanol–water partition coefficient (Wildman–Crippen LogP) is 0.00248. The van der Waals surface area contributed by atoms with Crippen molar-refractivity contribution in [1.29, 1.82) is 5.26 Å². The van der Waals surface area contributed by atoms with E-state index in [0.717, 1.165) is 6.20 Å². The van der Waals surface area contributed by atoms with Crippen LogP contribution in [0.5, 0.6) is 0 Å². The quantitative estimate of drug-likeness (QED) is 0.771. The zero-order valence-corrected chi connectivity index (χ0v) is 10.1. The van der Waals surface area contributed by atoms with Gasteiger partial charge in [0.25, 0.3) is 0 Å². The summed E-state index contributed by atoms with van der Waals surface area (Å²) in [5, 5.41) is 17.2. The molecule has 1 atom stereocenters. The van der Waals surface area contributed by atoms with Crippen LogP contribution in [0.3, 0.4) is 0 Å². The SMILES string of the molecule is CC(CCO)NS(=O)(=O)c1ccc(C#N)nc1. The maximum absolute atomic E-state index is 11.8. The fourth-order valence-electron chi connectivity index (χ4n) is 1.19. The molecule has 7 heteroatoms. The smallest absolute Gasteiger partial charge is 0.242 e. The van der Waals surface area contributed by atoms with Gasteiger partial charge < -0.3 is 5.11 Å². The molecule has 1 unspecified atom stereocenters. The first-order valence-electron chi connectivity index (χ1n) is 4.99. The lowest BCUT2D eigenvalue weighted by Gasteiger charge is -2.12. The van der Waals surface area contributed by atoms with Gasteiger partial charge in [0.1, 0.15) is 16.7 Å². The highest BCUT2D eigenvalue weighted by atomic mass is 32.2. The minimum atomic E-state index is -3.64. The Labute approximate surface area is 100.0 Å². The highest BCUT2D eigenvalue weighted by Gasteiger charge is 2.17. The molecule has 0 aromatic carbocycles. The number of sulfonamides is 1. The van der Waals surface area contributed by atoms with Gasteiger partial charge in [0.15, 0.2) is 0 Å². The van der Waals surface area contributed by atoms with Crippen LogP contribution in [-0.2, 0) is 10.0 Å². The summed E-state index contributed by atoms with van der Waals surface area (Å²) in [6, 6.07) is 4.10. The molecule has 0 fully saturated rings. The molecule has 1 rings (SSSR count). The molecule has 1 aromatic heterocycles. The average Bonchev–Trinajstić information content (AvgIpc) is 2.28. The minimum Gasteiger partial charge on any atom is -0.396 e. The van der Waals surface area contributed by atoms with Gasteiger partial charge in [0.05, 0.1) is 0 Å². The Kier molecular flexibility index (Phi) is 4.57. The van der Waals surface area contributed by atoms with Gasteiger partial charge in [-0.1, -0.05) is 0 Å². The summed E-state index contributed by atoms with van der Waals surface area (Å²) in [6.45, 7) is 1.57. The van der Waals surface area contributed by atoms with Crippen molar-refractivity contribution in [3.05, 3.63) is 24.0 Å². The van der Waals surface area contributed by atoms with E-state index in [1.807, 2.05) is 6.07 Å². The van der Waals surface area contributed by atoms with Gasteiger partial charge >= 0.3 is 0 Å². The fraction of sp³-hybridized carbons (Fsp3) is 0.400. The van der Waals surface area contributed by atoms with Crippen LogP contribution < -0.4 is 4.72 Å². The number of nitrogens with zero attached hydrogens (tertiary/aromatic N) is 2. The summed E-state index contributed by atoms with van der Waals surface area (Å²) in [5.41, 5.74) is 0.160. The van der Waals surface area contributed by atoms with E-state index >= 15 is 0 Å². The highest BCUT2D eigenvalue weighted by Crippen LogP contribution is 2.08. The molecule has 2 N–H and O–H groups in total. The topological polar surface area (TPSA) is 103 Å². The molecule has 0 saturated heterocycles. The van der Waals surface area contributed by atoms with Crippen molar-refractivity contribution < 1.29 is 13.5 Å². The molecule has 0 spiro atoms. The summed E-state index contributed by atoms with van der Waals surface area (Å²) in [6.07, 6.45) is 1.47. The van der Waals surface area contributed by atoms with Crippen LogP contribution >= 0.6 is 0 Å². The normalized spacial score (nSPS) is 13.0. The van der Waals surface area contributed by atoms with Crippen molar-refractivity contribution in [3.63, 3.8) is 0 Å². The molecule has 0 bridgehead atoms. The van der Waals surface area contributed by atoms with Gasteiger partial charge in [0.2, 0.25) is 10.0 Å². The summed E-state index contributed by atoms with van der Waals surface area (Å²) in [5.74, 6) is 0. The molecule has 1 heterocycles. The molecule has 0 aliphatic rings. The zero-order valence-electron chi connectivity index (χ0n) is 9.29. The Morgan fingerprint density at radius 3 is 2.76 bits per heavy atom. The second-order valence-corrected chi connectivity index (χ2v) is 5.24. The predicted molar refractivity (Wildman–Crippen MR) is 60.4 cm³/mol. The van der Waals surface area contributed by atoms with E-state index in [0.29, 0.717) is 6.42 Å². The molecule has 1 aromatic rings. The number of pyridine rings is 1. The Bertz CT molecular complexity index is 505. The van der Waals surface area contributed by atoms with E-state index in [2.05, 4.69) is 9.71 Å². The molecule has 17 heavy (non-hydrogen) atoms. The van der Waals surface area contributed by atoms with Gasteiger partial charge in [-0.25, -0.2) is 18.1 Å². The van der Waals surface area contributed by atoms with Gasteiger partial charge in [-0.05, 0) is 25.5 Å².